The van der Waals surface area contributed by atoms with E-state index in [1.807, 2.05) is 11.8 Å². The number of hydrogen-bond acceptors (Lipinski definition) is 5. The Kier molecular flexibility index (Phi) is 6.56. The second-order valence-electron chi connectivity index (χ2n) is 4.31. The standard InChI is InChI=1S/C13H19NO2S3/c15-4-1-5-17-7-3-14-13(16)12-8-10-9-18-6-2-11(10)19-12/h8,15H,1-7,9H2,(H,14,16). The van der Waals surface area contributed by atoms with E-state index in [2.05, 4.69) is 11.4 Å². The van der Waals surface area contributed by atoms with Crippen LogP contribution in [0.5, 0.6) is 0 Å². The number of fused-ring (bicyclic) bond motifs is 1. The molecule has 2 heterocycles. The highest BCUT2D eigenvalue weighted by molar-refractivity contribution is 7.99. The average molecular weight is 318 g/mol. The minimum Gasteiger partial charge on any atom is -0.396 e. The Morgan fingerprint density at radius 1 is 1.47 bits per heavy atom. The Bertz CT molecular complexity index is 397. The van der Waals surface area contributed by atoms with Crippen LogP contribution in [-0.2, 0) is 12.2 Å². The first-order chi connectivity index (χ1) is 9.31. The number of aryl methyl sites for hydroxylation is 1. The summed E-state index contributed by atoms with van der Waals surface area (Å²) in [5.74, 6) is 4.16. The molecule has 1 amide bonds. The molecule has 19 heavy (non-hydrogen) atoms. The van der Waals surface area contributed by atoms with Gasteiger partial charge < -0.3 is 10.4 Å². The number of rotatable bonds is 7. The summed E-state index contributed by atoms with van der Waals surface area (Å²) in [6, 6.07) is 2.06. The third-order valence-electron chi connectivity index (χ3n) is 2.83. The van der Waals surface area contributed by atoms with Crippen molar-refractivity contribution in [1.82, 2.24) is 5.32 Å². The van der Waals surface area contributed by atoms with Crippen LogP contribution >= 0.6 is 34.9 Å². The summed E-state index contributed by atoms with van der Waals surface area (Å²) in [6.07, 6.45) is 1.93. The lowest BCUT2D eigenvalue weighted by Crippen LogP contribution is -2.25. The monoisotopic (exact) mass is 317 g/mol. The molecular weight excluding hydrogens is 298 g/mol. The zero-order valence-corrected chi connectivity index (χ0v) is 13.3. The van der Waals surface area contributed by atoms with E-state index in [-0.39, 0.29) is 12.5 Å². The predicted molar refractivity (Wildman–Crippen MR) is 85.5 cm³/mol. The van der Waals surface area contributed by atoms with Crippen LogP contribution < -0.4 is 5.32 Å². The Morgan fingerprint density at radius 2 is 2.37 bits per heavy atom. The molecule has 0 aromatic carbocycles. The maximum absolute atomic E-state index is 12.0. The SMILES string of the molecule is O=C(NCCSCCCO)c1cc2c(s1)CCSC2. The molecule has 1 aliphatic rings. The third kappa shape index (κ3) is 4.70. The van der Waals surface area contributed by atoms with Crippen molar-refractivity contribution in [3.05, 3.63) is 21.4 Å². The Morgan fingerprint density at radius 3 is 3.16 bits per heavy atom. The van der Waals surface area contributed by atoms with Crippen LogP contribution in [0, 0.1) is 0 Å². The van der Waals surface area contributed by atoms with Crippen LogP contribution in [0.15, 0.2) is 6.07 Å². The normalized spacial score (nSPS) is 14.2. The molecule has 0 bridgehead atoms. The molecule has 1 aromatic heterocycles. The zero-order chi connectivity index (χ0) is 13.5. The van der Waals surface area contributed by atoms with Gasteiger partial charge in [0, 0.05) is 29.5 Å². The van der Waals surface area contributed by atoms with Crippen LogP contribution in [0.2, 0.25) is 0 Å². The lowest BCUT2D eigenvalue weighted by Gasteiger charge is -2.08. The second-order valence-corrected chi connectivity index (χ2v) is 7.77. The number of aliphatic hydroxyl groups is 1. The number of amides is 1. The lowest BCUT2D eigenvalue weighted by atomic mass is 10.2. The average Bonchev–Trinajstić information content (AvgIpc) is 2.86. The van der Waals surface area contributed by atoms with Crippen molar-refractivity contribution in [1.29, 1.82) is 0 Å². The summed E-state index contributed by atoms with van der Waals surface area (Å²) in [4.78, 5) is 14.2. The van der Waals surface area contributed by atoms with Gasteiger partial charge in [0.1, 0.15) is 0 Å². The van der Waals surface area contributed by atoms with Crippen LogP contribution in [0.4, 0.5) is 0 Å². The summed E-state index contributed by atoms with van der Waals surface area (Å²) >= 11 is 5.36. The highest BCUT2D eigenvalue weighted by atomic mass is 32.2. The van der Waals surface area contributed by atoms with Crippen molar-refractivity contribution in [2.45, 2.75) is 18.6 Å². The molecule has 0 aliphatic carbocycles. The van der Waals surface area contributed by atoms with E-state index < -0.39 is 0 Å². The van der Waals surface area contributed by atoms with Gasteiger partial charge in [-0.15, -0.1) is 11.3 Å². The van der Waals surface area contributed by atoms with Crippen molar-refractivity contribution in [2.75, 3.05) is 30.4 Å². The molecule has 106 valence electrons. The van der Waals surface area contributed by atoms with Crippen LogP contribution in [0.3, 0.4) is 0 Å². The maximum atomic E-state index is 12.0. The minimum atomic E-state index is 0.0622. The van der Waals surface area contributed by atoms with Crippen molar-refractivity contribution in [2.24, 2.45) is 0 Å². The molecule has 0 spiro atoms. The van der Waals surface area contributed by atoms with E-state index in [0.717, 1.165) is 35.0 Å². The van der Waals surface area contributed by atoms with E-state index in [4.69, 9.17) is 5.11 Å². The van der Waals surface area contributed by atoms with Gasteiger partial charge in [-0.05, 0) is 36.0 Å². The zero-order valence-electron chi connectivity index (χ0n) is 10.8. The molecule has 0 atom stereocenters. The molecule has 3 nitrogen and oxygen atoms in total. The first kappa shape index (κ1) is 15.2. The summed E-state index contributed by atoms with van der Waals surface area (Å²) in [5.41, 5.74) is 1.35. The van der Waals surface area contributed by atoms with E-state index in [9.17, 15) is 4.79 Å². The number of carbonyl (C=O) groups is 1. The van der Waals surface area contributed by atoms with Crippen molar-refractivity contribution in [3.63, 3.8) is 0 Å². The van der Waals surface area contributed by atoms with Crippen molar-refractivity contribution in [3.8, 4) is 0 Å². The minimum absolute atomic E-state index is 0.0622. The number of thiophene rings is 1. The van der Waals surface area contributed by atoms with Gasteiger partial charge in [0.05, 0.1) is 4.88 Å². The first-order valence-corrected chi connectivity index (χ1v) is 9.60. The van der Waals surface area contributed by atoms with E-state index in [1.54, 1.807) is 23.1 Å². The van der Waals surface area contributed by atoms with Gasteiger partial charge in [0.2, 0.25) is 0 Å². The number of hydrogen-bond donors (Lipinski definition) is 2. The van der Waals surface area contributed by atoms with Crippen LogP contribution in [-0.4, -0.2) is 41.4 Å². The van der Waals surface area contributed by atoms with Gasteiger partial charge in [-0.1, -0.05) is 0 Å². The fourth-order valence-corrected chi connectivity index (χ4v) is 4.92. The smallest absolute Gasteiger partial charge is 0.261 e. The molecule has 0 fully saturated rings. The number of carbonyl (C=O) groups excluding carboxylic acids is 1. The summed E-state index contributed by atoms with van der Waals surface area (Å²) < 4.78 is 0. The van der Waals surface area contributed by atoms with Gasteiger partial charge in [0.15, 0.2) is 0 Å². The summed E-state index contributed by atoms with van der Waals surface area (Å²) in [7, 11) is 0. The molecule has 2 rings (SSSR count). The fourth-order valence-electron chi connectivity index (χ4n) is 1.85. The molecular formula is C13H19NO2S3. The van der Waals surface area contributed by atoms with Crippen molar-refractivity contribution < 1.29 is 9.90 Å². The largest absolute Gasteiger partial charge is 0.396 e. The topological polar surface area (TPSA) is 49.3 Å². The molecule has 0 unspecified atom stereocenters. The maximum Gasteiger partial charge on any atom is 0.261 e. The number of nitrogens with one attached hydrogen (secondary N) is 1. The Balaban J connectivity index is 1.72. The van der Waals surface area contributed by atoms with E-state index >= 15 is 0 Å². The van der Waals surface area contributed by atoms with Crippen LogP contribution in [0.25, 0.3) is 0 Å². The third-order valence-corrected chi connectivity index (χ3v) is 6.14. The van der Waals surface area contributed by atoms with Gasteiger partial charge in [-0.3, -0.25) is 4.79 Å². The quantitative estimate of drug-likeness (QED) is 0.758. The van der Waals surface area contributed by atoms with E-state index in [0.29, 0.717) is 6.54 Å². The predicted octanol–water partition coefficient (Wildman–Crippen LogP) is 2.38. The van der Waals surface area contributed by atoms with E-state index in [1.165, 1.54) is 16.2 Å². The van der Waals surface area contributed by atoms with Gasteiger partial charge in [-0.2, -0.15) is 23.5 Å². The van der Waals surface area contributed by atoms with Crippen molar-refractivity contribution >= 4 is 40.8 Å². The van der Waals surface area contributed by atoms with Gasteiger partial charge in [0.25, 0.3) is 5.91 Å². The molecule has 0 radical (unpaired) electrons. The van der Waals surface area contributed by atoms with Crippen LogP contribution in [0.1, 0.15) is 26.5 Å². The lowest BCUT2D eigenvalue weighted by molar-refractivity contribution is 0.0960. The molecule has 0 saturated carbocycles. The first-order valence-electron chi connectivity index (χ1n) is 6.47. The molecule has 1 aliphatic heterocycles. The highest BCUT2D eigenvalue weighted by Gasteiger charge is 2.16. The Hall–Kier alpha value is -0.170. The highest BCUT2D eigenvalue weighted by Crippen LogP contribution is 2.31. The molecule has 6 heteroatoms. The Labute approximate surface area is 126 Å². The fraction of sp³-hybridized carbons (Fsp3) is 0.615. The van der Waals surface area contributed by atoms with Gasteiger partial charge >= 0.3 is 0 Å². The van der Waals surface area contributed by atoms with Gasteiger partial charge in [-0.25, -0.2) is 0 Å². The number of thioether (sulfide) groups is 2. The molecule has 2 N–H and O–H groups in total. The molecule has 0 saturated heterocycles. The summed E-state index contributed by atoms with van der Waals surface area (Å²) in [6.45, 7) is 0.949. The second kappa shape index (κ2) is 8.19. The molecule has 1 aromatic rings. The summed E-state index contributed by atoms with van der Waals surface area (Å²) in [5, 5.41) is 11.6. The number of aliphatic hydroxyl groups excluding tert-OH is 1.